The minimum absolute atomic E-state index is 0.0580. The summed E-state index contributed by atoms with van der Waals surface area (Å²) in [5.41, 5.74) is -0.304. The second-order valence-corrected chi connectivity index (χ2v) is 6.19. The molecule has 0 bridgehead atoms. The highest BCUT2D eigenvalue weighted by atomic mass is 19.4. The van der Waals surface area contributed by atoms with Gasteiger partial charge >= 0.3 is 12.1 Å². The smallest absolute Gasteiger partial charge is 0.416 e. The summed E-state index contributed by atoms with van der Waals surface area (Å²) in [4.78, 5) is 24.6. The van der Waals surface area contributed by atoms with Crippen LogP contribution in [-0.4, -0.2) is 18.4 Å². The molecule has 0 saturated heterocycles. The van der Waals surface area contributed by atoms with Crippen LogP contribution in [0.1, 0.15) is 42.9 Å². The molecule has 2 rings (SSSR count). The van der Waals surface area contributed by atoms with Gasteiger partial charge in [-0.1, -0.05) is 18.6 Å². The van der Waals surface area contributed by atoms with Gasteiger partial charge in [-0.3, -0.25) is 9.59 Å². The van der Waals surface area contributed by atoms with Gasteiger partial charge < -0.3 is 4.74 Å². The topological polar surface area (TPSA) is 43.4 Å². The molecule has 0 aromatic heterocycles. The zero-order valence-electron chi connectivity index (χ0n) is 13.8. The van der Waals surface area contributed by atoms with E-state index in [0.717, 1.165) is 25.3 Å². The number of ether oxygens (including phenoxy) is 1. The van der Waals surface area contributed by atoms with Crippen LogP contribution >= 0.6 is 0 Å². The number of aryl methyl sites for hydroxylation is 1. The van der Waals surface area contributed by atoms with Crippen LogP contribution < -0.4 is 0 Å². The van der Waals surface area contributed by atoms with Crippen LogP contribution in [0.25, 0.3) is 0 Å². The molecule has 1 aromatic rings. The van der Waals surface area contributed by atoms with E-state index in [1.165, 1.54) is 19.1 Å². The van der Waals surface area contributed by atoms with Crippen LogP contribution in [0.2, 0.25) is 0 Å². The predicted molar refractivity (Wildman–Crippen MR) is 82.4 cm³/mol. The van der Waals surface area contributed by atoms with Crippen molar-refractivity contribution in [2.45, 2.75) is 45.7 Å². The summed E-state index contributed by atoms with van der Waals surface area (Å²) < 4.78 is 44.1. The van der Waals surface area contributed by atoms with Crippen molar-refractivity contribution in [1.82, 2.24) is 0 Å². The molecule has 0 heterocycles. The maximum atomic E-state index is 13.0. The van der Waals surface area contributed by atoms with Gasteiger partial charge in [-0.05, 0) is 50.3 Å². The van der Waals surface area contributed by atoms with E-state index in [0.29, 0.717) is 5.56 Å². The molecule has 6 heteroatoms. The molecular formula is C18H21F3O3. The summed E-state index contributed by atoms with van der Waals surface area (Å²) in [6, 6.07) is 3.93. The third kappa shape index (κ3) is 4.16. The minimum atomic E-state index is -4.46. The Kier molecular flexibility index (Phi) is 5.67. The Bertz CT molecular complexity index is 618. The number of carbonyl (C=O) groups is 2. The van der Waals surface area contributed by atoms with Crippen LogP contribution in [0.15, 0.2) is 18.2 Å². The van der Waals surface area contributed by atoms with Crippen LogP contribution in [0, 0.1) is 18.8 Å². The van der Waals surface area contributed by atoms with Crippen molar-refractivity contribution < 1.29 is 27.5 Å². The van der Waals surface area contributed by atoms with Crippen molar-refractivity contribution in [2.24, 2.45) is 11.8 Å². The van der Waals surface area contributed by atoms with Crippen LogP contribution in [0.5, 0.6) is 0 Å². The fourth-order valence-corrected chi connectivity index (χ4v) is 2.86. The molecule has 0 amide bonds. The lowest BCUT2D eigenvalue weighted by molar-refractivity contribution is -0.153. The number of benzene rings is 1. The molecule has 1 atom stereocenters. The lowest BCUT2D eigenvalue weighted by Crippen LogP contribution is -2.35. The second kappa shape index (κ2) is 7.36. The molecule has 132 valence electrons. The summed E-state index contributed by atoms with van der Waals surface area (Å²) in [5, 5.41) is 0. The molecule has 24 heavy (non-hydrogen) atoms. The van der Waals surface area contributed by atoms with Crippen molar-refractivity contribution in [2.75, 3.05) is 6.61 Å². The summed E-state index contributed by atoms with van der Waals surface area (Å²) in [7, 11) is 0. The highest BCUT2D eigenvalue weighted by Crippen LogP contribution is 2.34. The van der Waals surface area contributed by atoms with Crippen LogP contribution in [0.4, 0.5) is 13.2 Å². The number of hydrogen-bond donors (Lipinski definition) is 0. The zero-order valence-corrected chi connectivity index (χ0v) is 13.8. The molecule has 1 unspecified atom stereocenters. The van der Waals surface area contributed by atoms with E-state index in [-0.39, 0.29) is 30.3 Å². The lowest BCUT2D eigenvalue weighted by Gasteiger charge is -2.27. The average Bonchev–Trinajstić information content (AvgIpc) is 2.43. The van der Waals surface area contributed by atoms with Crippen LogP contribution in [-0.2, 0) is 26.9 Å². The zero-order chi connectivity index (χ0) is 17.9. The first-order chi connectivity index (χ1) is 11.2. The maximum Gasteiger partial charge on any atom is 0.416 e. The van der Waals surface area contributed by atoms with E-state index in [9.17, 15) is 22.8 Å². The van der Waals surface area contributed by atoms with Crippen molar-refractivity contribution in [3.8, 4) is 0 Å². The van der Waals surface area contributed by atoms with E-state index in [2.05, 4.69) is 0 Å². The molecular weight excluding hydrogens is 321 g/mol. The van der Waals surface area contributed by atoms with E-state index in [1.54, 1.807) is 6.92 Å². The van der Waals surface area contributed by atoms with Gasteiger partial charge in [0.1, 0.15) is 5.92 Å². The third-order valence-electron chi connectivity index (χ3n) is 4.47. The molecule has 0 N–H and O–H groups in total. The number of halogens is 3. The SMILES string of the molecule is CCOC(=O)C(Cc1ccc(C)c(C(F)(F)F)c1)C(=O)C1CCC1. The Hall–Kier alpha value is -1.85. The number of hydrogen-bond acceptors (Lipinski definition) is 3. The number of Topliss-reactive ketones (excluding diaryl/α,β-unsaturated/α-hetero) is 1. The number of carbonyl (C=O) groups excluding carboxylic acids is 2. The number of ketones is 1. The third-order valence-corrected chi connectivity index (χ3v) is 4.47. The van der Waals surface area contributed by atoms with Gasteiger partial charge in [0.2, 0.25) is 0 Å². The van der Waals surface area contributed by atoms with Gasteiger partial charge in [-0.25, -0.2) is 0 Å². The molecule has 1 fully saturated rings. The molecule has 1 saturated carbocycles. The predicted octanol–water partition coefficient (Wildman–Crippen LogP) is 4.10. The lowest BCUT2D eigenvalue weighted by atomic mass is 9.76. The fourth-order valence-electron chi connectivity index (χ4n) is 2.86. The van der Waals surface area contributed by atoms with Gasteiger partial charge in [0, 0.05) is 5.92 Å². The summed E-state index contributed by atoms with van der Waals surface area (Å²) in [6.45, 7) is 3.15. The Morgan fingerprint density at radius 1 is 1.29 bits per heavy atom. The number of alkyl halides is 3. The first-order valence-corrected chi connectivity index (χ1v) is 8.11. The summed E-state index contributed by atoms with van der Waals surface area (Å²) in [5.74, 6) is -2.07. The molecule has 1 aliphatic carbocycles. The van der Waals surface area contributed by atoms with Gasteiger partial charge in [0.05, 0.1) is 12.2 Å². The molecule has 0 radical (unpaired) electrons. The molecule has 3 nitrogen and oxygen atoms in total. The first kappa shape index (κ1) is 18.5. The highest BCUT2D eigenvalue weighted by Gasteiger charge is 2.37. The quantitative estimate of drug-likeness (QED) is 0.577. The number of rotatable bonds is 6. The standard InChI is InChI=1S/C18H21F3O3/c1-3-24-17(23)14(16(22)13-5-4-6-13)9-12-8-7-11(2)15(10-12)18(19,20)21/h7-8,10,13-14H,3-6,9H2,1-2H3. The van der Waals surface area contributed by atoms with Gasteiger partial charge in [-0.15, -0.1) is 0 Å². The van der Waals surface area contributed by atoms with Crippen LogP contribution in [0.3, 0.4) is 0 Å². The Labute approximate surface area is 139 Å². The molecule has 1 aliphatic rings. The Balaban J connectivity index is 2.25. The van der Waals surface area contributed by atoms with Crippen molar-refractivity contribution in [1.29, 1.82) is 0 Å². The second-order valence-electron chi connectivity index (χ2n) is 6.19. The average molecular weight is 342 g/mol. The minimum Gasteiger partial charge on any atom is -0.465 e. The number of esters is 1. The first-order valence-electron chi connectivity index (χ1n) is 8.11. The highest BCUT2D eigenvalue weighted by molar-refractivity contribution is 6.00. The molecule has 0 spiro atoms. The van der Waals surface area contributed by atoms with Crippen molar-refractivity contribution in [3.63, 3.8) is 0 Å². The normalized spacial score (nSPS) is 16.4. The Morgan fingerprint density at radius 3 is 2.46 bits per heavy atom. The van der Waals surface area contributed by atoms with Gasteiger partial charge in [0.15, 0.2) is 5.78 Å². The Morgan fingerprint density at radius 2 is 1.96 bits per heavy atom. The summed E-state index contributed by atoms with van der Waals surface area (Å²) in [6.07, 6.45) is -2.11. The van der Waals surface area contributed by atoms with Gasteiger partial charge in [-0.2, -0.15) is 13.2 Å². The maximum absolute atomic E-state index is 13.0. The largest absolute Gasteiger partial charge is 0.465 e. The van der Waals surface area contributed by atoms with Crippen molar-refractivity contribution >= 4 is 11.8 Å². The van der Waals surface area contributed by atoms with E-state index >= 15 is 0 Å². The van der Waals surface area contributed by atoms with Gasteiger partial charge in [0.25, 0.3) is 0 Å². The van der Waals surface area contributed by atoms with E-state index in [1.807, 2.05) is 0 Å². The van der Waals surface area contributed by atoms with E-state index < -0.39 is 23.6 Å². The summed E-state index contributed by atoms with van der Waals surface area (Å²) >= 11 is 0. The van der Waals surface area contributed by atoms with E-state index in [4.69, 9.17) is 4.74 Å². The monoisotopic (exact) mass is 342 g/mol. The molecule has 0 aliphatic heterocycles. The molecule has 1 aromatic carbocycles. The van der Waals surface area contributed by atoms with Crippen molar-refractivity contribution in [3.05, 3.63) is 34.9 Å². The fraction of sp³-hybridized carbons (Fsp3) is 0.556.